The van der Waals surface area contributed by atoms with Gasteiger partial charge in [0.15, 0.2) is 0 Å². The van der Waals surface area contributed by atoms with Crippen LogP contribution in [0.15, 0.2) is 16.7 Å². The molecule has 0 bridgehead atoms. The monoisotopic (exact) mass is 255 g/mol. The summed E-state index contributed by atoms with van der Waals surface area (Å²) in [5, 5.41) is 9.39. The van der Waals surface area contributed by atoms with Gasteiger partial charge in [-0.15, -0.1) is 0 Å². The highest BCUT2D eigenvalue weighted by Gasteiger charge is 2.14. The summed E-state index contributed by atoms with van der Waals surface area (Å²) >= 11 is 3.23. The molecule has 0 aromatic carbocycles. The van der Waals surface area contributed by atoms with Crippen LogP contribution in [0.1, 0.15) is 10.5 Å². The maximum absolute atomic E-state index is 10.7. The van der Waals surface area contributed by atoms with E-state index in [2.05, 4.69) is 25.9 Å². The topological polar surface area (TPSA) is 92.0 Å². The Morgan fingerprint density at radius 1 is 1.64 bits per heavy atom. The van der Waals surface area contributed by atoms with E-state index in [9.17, 15) is 4.79 Å². The van der Waals surface area contributed by atoms with E-state index in [0.717, 1.165) is 4.47 Å². The van der Waals surface area contributed by atoms with Crippen LogP contribution in [0.3, 0.4) is 0 Å². The molecule has 0 unspecified atom stereocenters. The second-order valence-electron chi connectivity index (χ2n) is 2.77. The van der Waals surface area contributed by atoms with Gasteiger partial charge in [0.2, 0.25) is 0 Å². The van der Waals surface area contributed by atoms with Gasteiger partial charge in [0, 0.05) is 16.1 Å². The number of carboxylic acid groups (broad SMARTS) is 1. The van der Waals surface area contributed by atoms with Crippen molar-refractivity contribution in [3.63, 3.8) is 0 Å². The van der Waals surface area contributed by atoms with Crippen molar-refractivity contribution < 1.29 is 9.90 Å². The number of aromatic amines is 1. The average Bonchev–Trinajstić information content (AvgIpc) is 2.44. The molecule has 0 saturated heterocycles. The lowest BCUT2D eigenvalue weighted by molar-refractivity contribution is 0.0692. The van der Waals surface area contributed by atoms with Crippen LogP contribution in [0.5, 0.6) is 0 Å². The number of halogens is 1. The molecule has 2 rings (SSSR count). The van der Waals surface area contributed by atoms with E-state index in [-0.39, 0.29) is 11.4 Å². The van der Waals surface area contributed by atoms with Crippen LogP contribution in [0.25, 0.3) is 11.0 Å². The van der Waals surface area contributed by atoms with E-state index in [4.69, 9.17) is 10.8 Å². The first-order valence-corrected chi connectivity index (χ1v) is 4.55. The summed E-state index contributed by atoms with van der Waals surface area (Å²) in [6.45, 7) is 0. The molecule has 14 heavy (non-hydrogen) atoms. The first kappa shape index (κ1) is 9.01. The molecule has 2 aromatic rings. The van der Waals surface area contributed by atoms with Gasteiger partial charge < -0.3 is 15.8 Å². The van der Waals surface area contributed by atoms with E-state index in [1.807, 2.05) is 0 Å². The second kappa shape index (κ2) is 2.98. The van der Waals surface area contributed by atoms with Gasteiger partial charge in [0.1, 0.15) is 11.3 Å². The number of nitrogen functional groups attached to an aromatic ring is 1. The van der Waals surface area contributed by atoms with E-state index in [0.29, 0.717) is 11.0 Å². The fourth-order valence-corrected chi connectivity index (χ4v) is 1.56. The number of nitrogens with zero attached hydrogens (tertiary/aromatic N) is 1. The van der Waals surface area contributed by atoms with Gasteiger partial charge in [-0.1, -0.05) is 0 Å². The van der Waals surface area contributed by atoms with Crippen LogP contribution >= 0.6 is 15.9 Å². The van der Waals surface area contributed by atoms with E-state index in [1.54, 1.807) is 12.3 Å². The normalized spacial score (nSPS) is 10.6. The zero-order chi connectivity index (χ0) is 10.3. The first-order chi connectivity index (χ1) is 6.59. The minimum Gasteiger partial charge on any atom is -0.477 e. The summed E-state index contributed by atoms with van der Waals surface area (Å²) in [5.41, 5.74) is 6.30. The number of aromatic carboxylic acids is 1. The van der Waals surface area contributed by atoms with Gasteiger partial charge in [0.25, 0.3) is 0 Å². The number of carboxylic acids is 1. The molecule has 6 heteroatoms. The third-order valence-electron chi connectivity index (χ3n) is 1.87. The van der Waals surface area contributed by atoms with Crippen LogP contribution in [-0.4, -0.2) is 21.0 Å². The summed E-state index contributed by atoms with van der Waals surface area (Å²) in [7, 11) is 0. The molecule has 0 radical (unpaired) electrons. The number of H-pyrrole nitrogens is 1. The summed E-state index contributed by atoms with van der Waals surface area (Å²) in [4.78, 5) is 17.4. The number of nitrogens with two attached hydrogens (primary N) is 1. The molecule has 0 fully saturated rings. The minimum atomic E-state index is -1.09. The molecule has 0 amide bonds. The second-order valence-corrected chi connectivity index (χ2v) is 3.68. The van der Waals surface area contributed by atoms with Gasteiger partial charge >= 0.3 is 5.97 Å². The zero-order valence-electron chi connectivity index (χ0n) is 6.91. The fourth-order valence-electron chi connectivity index (χ4n) is 1.23. The van der Waals surface area contributed by atoms with E-state index < -0.39 is 5.97 Å². The Morgan fingerprint density at radius 3 is 3.00 bits per heavy atom. The van der Waals surface area contributed by atoms with E-state index in [1.165, 1.54) is 0 Å². The van der Waals surface area contributed by atoms with Gasteiger partial charge in [-0.05, 0) is 22.0 Å². The zero-order valence-corrected chi connectivity index (χ0v) is 8.50. The standard InChI is InChI=1S/C8H6BrN3O2/c9-3-1-4-5(10)6(8(13)14)12-7(4)11-2-3/h1-2H,10H2,(H,11,12)(H,13,14). The van der Waals surface area contributed by atoms with Crippen LogP contribution in [-0.2, 0) is 0 Å². The van der Waals surface area contributed by atoms with Crippen molar-refractivity contribution in [1.29, 1.82) is 0 Å². The molecule has 2 heterocycles. The van der Waals surface area contributed by atoms with Crippen molar-refractivity contribution in [2.45, 2.75) is 0 Å². The molecular formula is C8H6BrN3O2. The Hall–Kier alpha value is -1.56. The van der Waals surface area contributed by atoms with Gasteiger partial charge in [0.05, 0.1) is 5.69 Å². The van der Waals surface area contributed by atoms with Crippen LogP contribution in [0, 0.1) is 0 Å². The number of hydrogen-bond donors (Lipinski definition) is 3. The van der Waals surface area contributed by atoms with Crippen molar-refractivity contribution in [3.8, 4) is 0 Å². The number of anilines is 1. The lowest BCUT2D eigenvalue weighted by Crippen LogP contribution is -2.00. The Morgan fingerprint density at radius 2 is 2.36 bits per heavy atom. The van der Waals surface area contributed by atoms with Gasteiger partial charge in [-0.25, -0.2) is 9.78 Å². The smallest absolute Gasteiger partial charge is 0.354 e. The highest BCUT2D eigenvalue weighted by molar-refractivity contribution is 9.10. The van der Waals surface area contributed by atoms with Crippen molar-refractivity contribution >= 4 is 38.6 Å². The molecule has 2 aromatic heterocycles. The number of fused-ring (bicyclic) bond motifs is 1. The van der Waals surface area contributed by atoms with Crippen LogP contribution < -0.4 is 5.73 Å². The summed E-state index contributed by atoms with van der Waals surface area (Å²) < 4.78 is 0.757. The number of aromatic nitrogens is 2. The average molecular weight is 256 g/mol. The van der Waals surface area contributed by atoms with Crippen LogP contribution in [0.4, 0.5) is 5.69 Å². The van der Waals surface area contributed by atoms with Crippen molar-refractivity contribution in [1.82, 2.24) is 9.97 Å². The fraction of sp³-hybridized carbons (Fsp3) is 0. The maximum Gasteiger partial charge on any atom is 0.354 e. The molecule has 0 aliphatic rings. The predicted octanol–water partition coefficient (Wildman–Crippen LogP) is 1.61. The largest absolute Gasteiger partial charge is 0.477 e. The molecule has 0 saturated carbocycles. The Kier molecular flexibility index (Phi) is 1.92. The predicted molar refractivity (Wildman–Crippen MR) is 55.2 cm³/mol. The molecule has 4 N–H and O–H groups in total. The highest BCUT2D eigenvalue weighted by atomic mass is 79.9. The highest BCUT2D eigenvalue weighted by Crippen LogP contribution is 2.25. The van der Waals surface area contributed by atoms with Crippen molar-refractivity contribution in [3.05, 3.63) is 22.4 Å². The number of hydrogen-bond acceptors (Lipinski definition) is 3. The van der Waals surface area contributed by atoms with Crippen LogP contribution in [0.2, 0.25) is 0 Å². The lowest BCUT2D eigenvalue weighted by atomic mass is 10.3. The molecule has 0 aliphatic carbocycles. The van der Waals surface area contributed by atoms with Crippen molar-refractivity contribution in [2.24, 2.45) is 0 Å². The summed E-state index contributed by atoms with van der Waals surface area (Å²) in [6, 6.07) is 1.72. The molecule has 0 aliphatic heterocycles. The first-order valence-electron chi connectivity index (χ1n) is 3.75. The summed E-state index contributed by atoms with van der Waals surface area (Å²) in [6.07, 6.45) is 1.57. The molecule has 0 spiro atoms. The number of pyridine rings is 1. The number of carbonyl (C=O) groups is 1. The van der Waals surface area contributed by atoms with Gasteiger partial charge in [-0.2, -0.15) is 0 Å². The molecule has 72 valence electrons. The SMILES string of the molecule is Nc1c(C(=O)O)[nH]c2ncc(Br)cc12. The number of rotatable bonds is 1. The molecule has 5 nitrogen and oxygen atoms in total. The quantitative estimate of drug-likeness (QED) is 0.722. The third kappa shape index (κ3) is 1.24. The third-order valence-corrected chi connectivity index (χ3v) is 2.30. The van der Waals surface area contributed by atoms with E-state index >= 15 is 0 Å². The Bertz CT molecular complexity index is 521. The van der Waals surface area contributed by atoms with Crippen molar-refractivity contribution in [2.75, 3.05) is 5.73 Å². The minimum absolute atomic E-state index is 0.0226. The molecular weight excluding hydrogens is 250 g/mol. The van der Waals surface area contributed by atoms with Gasteiger partial charge in [-0.3, -0.25) is 0 Å². The Labute approximate surface area is 87.1 Å². The lowest BCUT2D eigenvalue weighted by Gasteiger charge is -1.91. The maximum atomic E-state index is 10.7. The summed E-state index contributed by atoms with van der Waals surface area (Å²) in [5.74, 6) is -1.09. The molecule has 0 atom stereocenters. The number of nitrogens with one attached hydrogen (secondary N) is 1. The Balaban J connectivity index is 2.80.